The Hall–Kier alpha value is -1.83. The van der Waals surface area contributed by atoms with Gasteiger partial charge in [0.2, 0.25) is 5.91 Å². The minimum absolute atomic E-state index is 0.0111. The molecule has 1 rings (SSSR count). The summed E-state index contributed by atoms with van der Waals surface area (Å²) in [6, 6.07) is -0.690. The Balaban J connectivity index is 2.80. The van der Waals surface area contributed by atoms with Crippen LogP contribution < -0.4 is 17.2 Å². The molecule has 0 spiro atoms. The van der Waals surface area contributed by atoms with Crippen LogP contribution in [0.1, 0.15) is 65.2 Å². The van der Waals surface area contributed by atoms with E-state index in [1.54, 1.807) is 4.90 Å². The van der Waals surface area contributed by atoms with E-state index in [2.05, 4.69) is 4.99 Å². The van der Waals surface area contributed by atoms with Gasteiger partial charge in [0, 0.05) is 13.1 Å². The van der Waals surface area contributed by atoms with Gasteiger partial charge in [-0.15, -0.1) is 0 Å². The van der Waals surface area contributed by atoms with Gasteiger partial charge >= 0.3 is 5.97 Å². The first-order valence-corrected chi connectivity index (χ1v) is 9.67. The van der Waals surface area contributed by atoms with Crippen LogP contribution in [0, 0.1) is 5.92 Å². The second-order valence-corrected chi connectivity index (χ2v) is 7.15. The van der Waals surface area contributed by atoms with Crippen LogP contribution in [0.15, 0.2) is 4.99 Å². The number of hydrogen-bond donors (Lipinski definition) is 4. The third-order valence-electron chi connectivity index (χ3n) is 5.30. The van der Waals surface area contributed by atoms with Crippen molar-refractivity contribution in [2.45, 2.75) is 76.8 Å². The molecule has 0 radical (unpaired) electrons. The molecule has 1 aliphatic rings. The molecule has 150 valence electrons. The van der Waals surface area contributed by atoms with Gasteiger partial charge in [-0.05, 0) is 44.4 Å². The van der Waals surface area contributed by atoms with Crippen molar-refractivity contribution >= 4 is 17.8 Å². The summed E-state index contributed by atoms with van der Waals surface area (Å²) in [4.78, 5) is 30.6. The molecule has 0 aromatic heterocycles. The lowest BCUT2D eigenvalue weighted by atomic mass is 9.78. The van der Waals surface area contributed by atoms with Crippen molar-refractivity contribution < 1.29 is 14.7 Å². The van der Waals surface area contributed by atoms with Crippen molar-refractivity contribution in [2.24, 2.45) is 28.1 Å². The summed E-state index contributed by atoms with van der Waals surface area (Å²) in [5.41, 5.74) is 15.5. The zero-order chi connectivity index (χ0) is 19.7. The van der Waals surface area contributed by atoms with Crippen LogP contribution in [0.3, 0.4) is 0 Å². The van der Waals surface area contributed by atoms with Gasteiger partial charge in [0.15, 0.2) is 5.96 Å². The number of hydrogen-bond acceptors (Lipinski definition) is 4. The fourth-order valence-electron chi connectivity index (χ4n) is 4.11. The van der Waals surface area contributed by atoms with Crippen molar-refractivity contribution in [2.75, 3.05) is 13.1 Å². The molecule has 0 aromatic carbocycles. The molecule has 8 nitrogen and oxygen atoms in total. The molecule has 1 saturated heterocycles. The first kappa shape index (κ1) is 22.2. The zero-order valence-electron chi connectivity index (χ0n) is 16.1. The number of aliphatic imine (C=N–C) groups is 1. The number of carboxylic acids is 1. The molecule has 1 amide bonds. The summed E-state index contributed by atoms with van der Waals surface area (Å²) >= 11 is 0. The van der Waals surface area contributed by atoms with Crippen molar-refractivity contribution in [1.82, 2.24) is 4.90 Å². The van der Waals surface area contributed by atoms with E-state index >= 15 is 0 Å². The lowest BCUT2D eigenvalue weighted by Gasteiger charge is -2.40. The maximum absolute atomic E-state index is 12.9. The standard InChI is InChI=1S/C18H35N5O3/c1-3-7-13-9-12-23(18(13,10-4-2)16(25)26)15(24)14(19)8-5-6-11-22-17(20)21/h13-14H,3-12,19H2,1-2H3,(H,25,26)(H4,20,21,22)/t13?,14-,18-/m0/s1. The minimum Gasteiger partial charge on any atom is -0.479 e. The maximum atomic E-state index is 12.9. The third-order valence-corrected chi connectivity index (χ3v) is 5.30. The van der Waals surface area contributed by atoms with Crippen LogP contribution in [0.2, 0.25) is 0 Å². The van der Waals surface area contributed by atoms with Crippen LogP contribution in [0.25, 0.3) is 0 Å². The number of carbonyl (C=O) groups is 2. The summed E-state index contributed by atoms with van der Waals surface area (Å²) in [5.74, 6) is -1.11. The highest BCUT2D eigenvalue weighted by molar-refractivity contribution is 5.90. The lowest BCUT2D eigenvalue weighted by molar-refractivity contribution is -0.160. The van der Waals surface area contributed by atoms with E-state index in [0.717, 1.165) is 25.7 Å². The fraction of sp³-hybridized carbons (Fsp3) is 0.833. The van der Waals surface area contributed by atoms with Crippen LogP contribution in [-0.2, 0) is 9.59 Å². The molecular weight excluding hydrogens is 334 g/mol. The summed E-state index contributed by atoms with van der Waals surface area (Å²) in [6.45, 7) is 4.97. The SMILES string of the molecule is CCCC1CCN(C(=O)[C@@H](N)CCCCN=C(N)N)[C@]1(CCC)C(=O)O. The molecule has 7 N–H and O–H groups in total. The van der Waals surface area contributed by atoms with Crippen molar-refractivity contribution in [3.05, 3.63) is 0 Å². The summed E-state index contributed by atoms with van der Waals surface area (Å²) in [6.07, 6.45) is 5.56. The molecule has 1 heterocycles. The Morgan fingerprint density at radius 2 is 1.96 bits per heavy atom. The van der Waals surface area contributed by atoms with Crippen LogP contribution in [-0.4, -0.2) is 52.5 Å². The zero-order valence-corrected chi connectivity index (χ0v) is 16.1. The first-order chi connectivity index (χ1) is 12.3. The summed E-state index contributed by atoms with van der Waals surface area (Å²) in [7, 11) is 0. The van der Waals surface area contributed by atoms with E-state index in [9.17, 15) is 14.7 Å². The molecule has 8 heteroatoms. The van der Waals surface area contributed by atoms with Crippen LogP contribution in [0.5, 0.6) is 0 Å². The Morgan fingerprint density at radius 1 is 1.27 bits per heavy atom. The lowest BCUT2D eigenvalue weighted by Crippen LogP contribution is -2.59. The Labute approximate surface area is 156 Å². The number of nitrogens with zero attached hydrogens (tertiary/aromatic N) is 2. The highest BCUT2D eigenvalue weighted by Gasteiger charge is 2.55. The number of aliphatic carboxylic acids is 1. The summed E-state index contributed by atoms with van der Waals surface area (Å²) < 4.78 is 0. The number of carbonyl (C=O) groups excluding carboxylic acids is 1. The average molecular weight is 370 g/mol. The molecule has 0 bridgehead atoms. The molecule has 0 aromatic rings. The molecule has 26 heavy (non-hydrogen) atoms. The van der Waals surface area contributed by atoms with E-state index in [0.29, 0.717) is 38.8 Å². The quantitative estimate of drug-likeness (QED) is 0.243. The monoisotopic (exact) mass is 369 g/mol. The van der Waals surface area contributed by atoms with Gasteiger partial charge < -0.3 is 27.2 Å². The minimum atomic E-state index is -1.11. The average Bonchev–Trinajstić information content (AvgIpc) is 2.93. The Bertz CT molecular complexity index is 507. The van der Waals surface area contributed by atoms with Gasteiger partial charge in [-0.25, -0.2) is 4.79 Å². The predicted octanol–water partition coefficient (Wildman–Crippen LogP) is 1.03. The highest BCUT2D eigenvalue weighted by Crippen LogP contribution is 2.42. The molecule has 1 aliphatic heterocycles. The van der Waals surface area contributed by atoms with Crippen molar-refractivity contribution in [1.29, 1.82) is 0 Å². The molecule has 0 saturated carbocycles. The number of nitrogens with two attached hydrogens (primary N) is 3. The largest absolute Gasteiger partial charge is 0.479 e. The van der Waals surface area contributed by atoms with Gasteiger partial charge in [-0.3, -0.25) is 9.79 Å². The molecule has 1 fully saturated rings. The third kappa shape index (κ3) is 5.09. The van der Waals surface area contributed by atoms with Crippen LogP contribution >= 0.6 is 0 Å². The number of likely N-dealkylation sites (tertiary alicyclic amines) is 1. The van der Waals surface area contributed by atoms with E-state index < -0.39 is 17.6 Å². The predicted molar refractivity (Wildman–Crippen MR) is 103 cm³/mol. The molecular formula is C18H35N5O3. The fourth-order valence-corrected chi connectivity index (χ4v) is 4.11. The van der Waals surface area contributed by atoms with Crippen LogP contribution in [0.4, 0.5) is 0 Å². The van der Waals surface area contributed by atoms with E-state index in [4.69, 9.17) is 17.2 Å². The van der Waals surface area contributed by atoms with Gasteiger partial charge in [-0.2, -0.15) is 0 Å². The van der Waals surface area contributed by atoms with Gasteiger partial charge in [-0.1, -0.05) is 26.7 Å². The normalized spacial score (nSPS) is 23.7. The van der Waals surface area contributed by atoms with E-state index in [1.165, 1.54) is 0 Å². The van der Waals surface area contributed by atoms with Crippen molar-refractivity contribution in [3.63, 3.8) is 0 Å². The molecule has 0 aliphatic carbocycles. The van der Waals surface area contributed by atoms with Gasteiger partial charge in [0.25, 0.3) is 0 Å². The Morgan fingerprint density at radius 3 is 2.50 bits per heavy atom. The van der Waals surface area contributed by atoms with Gasteiger partial charge in [0.05, 0.1) is 6.04 Å². The first-order valence-electron chi connectivity index (χ1n) is 9.67. The second-order valence-electron chi connectivity index (χ2n) is 7.15. The topological polar surface area (TPSA) is 148 Å². The molecule has 1 unspecified atom stereocenters. The van der Waals surface area contributed by atoms with E-state index in [-0.39, 0.29) is 17.8 Å². The summed E-state index contributed by atoms with van der Waals surface area (Å²) in [5, 5.41) is 10.0. The highest BCUT2D eigenvalue weighted by atomic mass is 16.4. The number of unbranched alkanes of at least 4 members (excludes halogenated alkanes) is 1. The van der Waals surface area contributed by atoms with E-state index in [1.807, 2.05) is 13.8 Å². The number of carboxylic acid groups (broad SMARTS) is 1. The Kier molecular flexibility index (Phi) is 8.84. The van der Waals surface area contributed by atoms with Crippen molar-refractivity contribution in [3.8, 4) is 0 Å². The number of guanidine groups is 1. The number of rotatable bonds is 11. The second kappa shape index (κ2) is 10.4. The van der Waals surface area contributed by atoms with Gasteiger partial charge in [0.1, 0.15) is 5.54 Å². The smallest absolute Gasteiger partial charge is 0.329 e. The maximum Gasteiger partial charge on any atom is 0.329 e. The molecule has 3 atom stereocenters. The number of amides is 1.